The Hall–Kier alpha value is 1.14. The van der Waals surface area contributed by atoms with E-state index in [4.69, 9.17) is 0 Å². The van der Waals surface area contributed by atoms with Crippen molar-refractivity contribution in [1.82, 2.24) is 0 Å². The molecule has 60 valence electrons. The first kappa shape index (κ1) is 10.2. The van der Waals surface area contributed by atoms with Gasteiger partial charge in [-0.25, -0.2) is 0 Å². The summed E-state index contributed by atoms with van der Waals surface area (Å²) in [4.78, 5) is 0. The van der Waals surface area contributed by atoms with Crippen LogP contribution >= 0.6 is 47.0 Å². The third-order valence-electron chi connectivity index (χ3n) is 0.978. The standard InChI is InChI=1S/C6H4S4.Fe/c1-2-8-5(7-1)6-9-3-4-10-6;/h1-4H;. The van der Waals surface area contributed by atoms with E-state index in [1.54, 1.807) is 0 Å². The Morgan fingerprint density at radius 1 is 0.636 bits per heavy atom. The van der Waals surface area contributed by atoms with Gasteiger partial charge in [-0.3, -0.25) is 0 Å². The van der Waals surface area contributed by atoms with E-state index < -0.39 is 0 Å². The number of thioether (sulfide) groups is 4. The molecule has 0 nitrogen and oxygen atoms in total. The fourth-order valence-corrected chi connectivity index (χ4v) is 4.64. The molecule has 0 aliphatic carbocycles. The average molecular weight is 260 g/mol. The van der Waals surface area contributed by atoms with Crippen LogP contribution in [0.5, 0.6) is 0 Å². The van der Waals surface area contributed by atoms with Gasteiger partial charge in [0.2, 0.25) is 0 Å². The molecule has 0 spiro atoms. The number of rotatable bonds is 0. The molecule has 0 radical (unpaired) electrons. The zero-order valence-corrected chi connectivity index (χ0v) is 9.67. The Labute approximate surface area is 93.6 Å². The van der Waals surface area contributed by atoms with E-state index in [1.807, 2.05) is 47.0 Å². The van der Waals surface area contributed by atoms with Crippen molar-refractivity contribution in [3.8, 4) is 0 Å². The van der Waals surface area contributed by atoms with Crippen LogP contribution in [0.1, 0.15) is 0 Å². The van der Waals surface area contributed by atoms with E-state index in [-0.39, 0.29) is 17.1 Å². The number of hydrogen-bond donors (Lipinski definition) is 0. The fraction of sp³-hybridized carbons (Fsp3) is 0. The van der Waals surface area contributed by atoms with E-state index in [1.165, 1.54) is 8.47 Å². The first-order chi connectivity index (χ1) is 4.97. The van der Waals surface area contributed by atoms with Gasteiger partial charge in [-0.15, -0.1) is 0 Å². The van der Waals surface area contributed by atoms with Gasteiger partial charge in [0.05, 0.1) is 8.47 Å². The molecule has 0 aromatic heterocycles. The summed E-state index contributed by atoms with van der Waals surface area (Å²) < 4.78 is 2.86. The largest absolute Gasteiger partial charge is 0.0884 e. The zero-order chi connectivity index (χ0) is 6.81. The van der Waals surface area contributed by atoms with Gasteiger partial charge in [0.15, 0.2) is 0 Å². The maximum Gasteiger partial charge on any atom is 0.0694 e. The van der Waals surface area contributed by atoms with Gasteiger partial charge in [0.25, 0.3) is 0 Å². The van der Waals surface area contributed by atoms with E-state index >= 15 is 0 Å². The summed E-state index contributed by atoms with van der Waals surface area (Å²) in [5.74, 6) is 0. The second-order valence-corrected chi connectivity index (χ2v) is 5.77. The van der Waals surface area contributed by atoms with Crippen LogP contribution in [0.2, 0.25) is 0 Å². The minimum absolute atomic E-state index is 0. The molecule has 0 saturated carbocycles. The zero-order valence-electron chi connectivity index (χ0n) is 5.30. The third kappa shape index (κ3) is 2.54. The first-order valence-electron chi connectivity index (χ1n) is 2.68. The molecule has 0 bridgehead atoms. The van der Waals surface area contributed by atoms with Crippen molar-refractivity contribution in [2.45, 2.75) is 0 Å². The van der Waals surface area contributed by atoms with Crippen LogP contribution < -0.4 is 0 Å². The van der Waals surface area contributed by atoms with Gasteiger partial charge in [-0.1, -0.05) is 47.0 Å². The summed E-state index contributed by atoms with van der Waals surface area (Å²) in [6.07, 6.45) is 0. The van der Waals surface area contributed by atoms with Gasteiger partial charge in [0, 0.05) is 17.1 Å². The maximum atomic E-state index is 2.13. The smallest absolute Gasteiger partial charge is 0.0694 e. The molecule has 2 rings (SSSR count). The van der Waals surface area contributed by atoms with E-state index in [0.717, 1.165) is 0 Å². The quantitative estimate of drug-likeness (QED) is 0.603. The van der Waals surface area contributed by atoms with Crippen LogP contribution in [0.25, 0.3) is 0 Å². The average Bonchev–Trinajstić information content (AvgIpc) is 2.59. The van der Waals surface area contributed by atoms with Gasteiger partial charge >= 0.3 is 0 Å². The third-order valence-corrected chi connectivity index (χ3v) is 5.76. The van der Waals surface area contributed by atoms with Gasteiger partial charge in [0.1, 0.15) is 0 Å². The summed E-state index contributed by atoms with van der Waals surface area (Å²) in [7, 11) is 0. The Bertz CT molecular complexity index is 187. The second kappa shape index (κ2) is 5.00. The predicted octanol–water partition coefficient (Wildman–Crippen LogP) is 4.01. The van der Waals surface area contributed by atoms with Crippen LogP contribution in [0.3, 0.4) is 0 Å². The van der Waals surface area contributed by atoms with Gasteiger partial charge in [-0.2, -0.15) is 0 Å². The molecule has 0 aromatic carbocycles. The Morgan fingerprint density at radius 3 is 1.18 bits per heavy atom. The normalized spacial score (nSPS) is 21.1. The van der Waals surface area contributed by atoms with Crippen molar-refractivity contribution in [3.05, 3.63) is 30.1 Å². The van der Waals surface area contributed by atoms with Crippen molar-refractivity contribution < 1.29 is 17.1 Å². The number of hydrogen-bond acceptors (Lipinski definition) is 4. The minimum atomic E-state index is 0. The van der Waals surface area contributed by atoms with Crippen molar-refractivity contribution in [3.63, 3.8) is 0 Å². The van der Waals surface area contributed by atoms with Crippen LogP contribution in [0.4, 0.5) is 0 Å². The molecule has 2 aliphatic heterocycles. The van der Waals surface area contributed by atoms with Crippen LogP contribution in [0, 0.1) is 0 Å². The van der Waals surface area contributed by atoms with E-state index in [2.05, 4.69) is 21.6 Å². The molecule has 0 fully saturated rings. The molecular formula is C6H4FeS4. The van der Waals surface area contributed by atoms with Crippen molar-refractivity contribution in [2.24, 2.45) is 0 Å². The molecule has 11 heavy (non-hydrogen) atoms. The molecule has 2 aliphatic rings. The van der Waals surface area contributed by atoms with E-state index in [9.17, 15) is 0 Å². The summed E-state index contributed by atoms with van der Waals surface area (Å²) in [6, 6.07) is 0. The Morgan fingerprint density at radius 2 is 0.909 bits per heavy atom. The molecule has 2 heterocycles. The monoisotopic (exact) mass is 260 g/mol. The second-order valence-electron chi connectivity index (χ2n) is 1.59. The van der Waals surface area contributed by atoms with Crippen LogP contribution in [-0.4, -0.2) is 0 Å². The van der Waals surface area contributed by atoms with Crippen molar-refractivity contribution in [2.75, 3.05) is 0 Å². The van der Waals surface area contributed by atoms with Crippen molar-refractivity contribution >= 4 is 47.0 Å². The molecule has 5 heteroatoms. The molecule has 0 amide bonds. The molecule has 0 unspecified atom stereocenters. The summed E-state index contributed by atoms with van der Waals surface area (Å²) in [5, 5.41) is 8.53. The van der Waals surface area contributed by atoms with E-state index in [0.29, 0.717) is 0 Å². The molecule has 0 atom stereocenters. The predicted molar refractivity (Wildman–Crippen MR) is 55.7 cm³/mol. The topological polar surface area (TPSA) is 0 Å². The van der Waals surface area contributed by atoms with Crippen LogP contribution in [-0.2, 0) is 17.1 Å². The molecule has 0 N–H and O–H groups in total. The first-order valence-corrected chi connectivity index (χ1v) is 6.19. The fourth-order valence-electron chi connectivity index (χ4n) is 0.606. The van der Waals surface area contributed by atoms with Crippen molar-refractivity contribution in [1.29, 1.82) is 0 Å². The Balaban J connectivity index is 0.000000605. The minimum Gasteiger partial charge on any atom is -0.0884 e. The van der Waals surface area contributed by atoms with Gasteiger partial charge in [-0.05, 0) is 21.6 Å². The molecule has 0 saturated heterocycles. The maximum absolute atomic E-state index is 2.13. The SMILES string of the molecule is C1=CSC(=C2SC=CS2)S1.[Fe]. The Kier molecular flexibility index (Phi) is 4.64. The summed E-state index contributed by atoms with van der Waals surface area (Å²) >= 11 is 7.28. The molecule has 0 aromatic rings. The summed E-state index contributed by atoms with van der Waals surface area (Å²) in [5.41, 5.74) is 0. The summed E-state index contributed by atoms with van der Waals surface area (Å²) in [6.45, 7) is 0. The molecular weight excluding hydrogens is 256 g/mol. The van der Waals surface area contributed by atoms with Crippen LogP contribution in [0.15, 0.2) is 30.1 Å². The van der Waals surface area contributed by atoms with Gasteiger partial charge < -0.3 is 0 Å².